The first-order valence-corrected chi connectivity index (χ1v) is 14.1. The second-order valence-corrected chi connectivity index (χ2v) is 10.9. The number of carbonyl (C=O) groups is 3. The van der Waals surface area contributed by atoms with Crippen LogP contribution in [-0.2, 0) is 23.9 Å². The van der Waals surface area contributed by atoms with E-state index in [2.05, 4.69) is 20.1 Å². The molecule has 5 atom stereocenters. The van der Waals surface area contributed by atoms with Crippen LogP contribution in [0.3, 0.4) is 0 Å². The number of ether oxygens (including phenoxy) is 2. The van der Waals surface area contributed by atoms with Crippen LogP contribution in [0.4, 0.5) is 0 Å². The zero-order valence-corrected chi connectivity index (χ0v) is 22.8. The third kappa shape index (κ3) is 5.80. The van der Waals surface area contributed by atoms with Gasteiger partial charge in [-0.25, -0.2) is 0 Å². The van der Waals surface area contributed by atoms with Crippen LogP contribution in [-0.4, -0.2) is 82.8 Å². The van der Waals surface area contributed by atoms with E-state index >= 15 is 0 Å². The number of hydrogen-bond donors (Lipinski definition) is 1. The van der Waals surface area contributed by atoms with Gasteiger partial charge in [0.1, 0.15) is 17.6 Å². The van der Waals surface area contributed by atoms with Gasteiger partial charge in [0.25, 0.3) is 0 Å². The number of fused-ring (bicyclic) bond motifs is 1. The largest absolute Gasteiger partial charge is 0.465 e. The van der Waals surface area contributed by atoms with Crippen molar-refractivity contribution >= 4 is 17.8 Å². The van der Waals surface area contributed by atoms with Gasteiger partial charge < -0.3 is 24.4 Å². The van der Waals surface area contributed by atoms with Gasteiger partial charge in [-0.05, 0) is 51.9 Å². The summed E-state index contributed by atoms with van der Waals surface area (Å²) in [6, 6.07) is -0.764. The van der Waals surface area contributed by atoms with Crippen LogP contribution in [0, 0.1) is 11.8 Å². The summed E-state index contributed by atoms with van der Waals surface area (Å²) in [5.41, 5.74) is -1.85. The number of esters is 1. The SMILES string of the molecule is C=CCCCOC(=O)[C@@H]1[C@H]2C(=O)N(CCCCCCO)C(C(=O)N(CC=C)CCCC)C23CC[C@@]1(C)O3. The summed E-state index contributed by atoms with van der Waals surface area (Å²) in [6.45, 7) is 13.3. The lowest BCUT2D eigenvalue weighted by atomic mass is 9.66. The monoisotopic (exact) mass is 518 g/mol. The van der Waals surface area contributed by atoms with E-state index in [4.69, 9.17) is 14.6 Å². The number of aliphatic hydroxyl groups excluding tert-OH is 1. The number of nitrogens with zero attached hydrogens (tertiary/aromatic N) is 2. The number of carbonyl (C=O) groups excluding carboxylic acids is 3. The van der Waals surface area contributed by atoms with Crippen molar-refractivity contribution in [2.24, 2.45) is 11.8 Å². The fourth-order valence-electron chi connectivity index (χ4n) is 6.51. The average molecular weight is 519 g/mol. The third-order valence-electron chi connectivity index (χ3n) is 8.31. The van der Waals surface area contributed by atoms with Crippen molar-refractivity contribution < 1.29 is 29.0 Å². The van der Waals surface area contributed by atoms with Crippen molar-refractivity contribution in [3.05, 3.63) is 25.3 Å². The smallest absolute Gasteiger partial charge is 0.312 e. The van der Waals surface area contributed by atoms with Crippen LogP contribution in [0.5, 0.6) is 0 Å². The molecule has 0 aromatic heterocycles. The topological polar surface area (TPSA) is 96.4 Å². The number of aliphatic hydroxyl groups is 1. The van der Waals surface area contributed by atoms with Crippen molar-refractivity contribution in [3.8, 4) is 0 Å². The summed E-state index contributed by atoms with van der Waals surface area (Å²) in [5.74, 6) is -2.15. The molecule has 0 aromatic rings. The van der Waals surface area contributed by atoms with Gasteiger partial charge in [-0.3, -0.25) is 14.4 Å². The number of allylic oxidation sites excluding steroid dienone is 1. The van der Waals surface area contributed by atoms with Gasteiger partial charge >= 0.3 is 5.97 Å². The van der Waals surface area contributed by atoms with Gasteiger partial charge in [-0.15, -0.1) is 13.2 Å². The van der Waals surface area contributed by atoms with E-state index in [1.165, 1.54) is 0 Å². The van der Waals surface area contributed by atoms with Crippen molar-refractivity contribution in [2.45, 2.75) is 95.3 Å². The van der Waals surface area contributed by atoms with E-state index in [-0.39, 0.29) is 25.0 Å². The number of rotatable bonds is 17. The minimum atomic E-state index is -1.02. The van der Waals surface area contributed by atoms with E-state index in [1.807, 2.05) is 6.92 Å². The zero-order valence-electron chi connectivity index (χ0n) is 22.8. The molecule has 0 radical (unpaired) electrons. The van der Waals surface area contributed by atoms with Crippen molar-refractivity contribution in [1.82, 2.24) is 9.80 Å². The molecule has 0 aromatic carbocycles. The Morgan fingerprint density at radius 3 is 2.59 bits per heavy atom. The molecule has 2 unspecified atom stereocenters. The average Bonchev–Trinajstić information content (AvgIpc) is 3.44. The Labute approximate surface area is 222 Å². The molecule has 0 saturated carbocycles. The van der Waals surface area contributed by atoms with Crippen LogP contribution in [0.25, 0.3) is 0 Å². The van der Waals surface area contributed by atoms with E-state index in [0.29, 0.717) is 45.3 Å². The van der Waals surface area contributed by atoms with Crippen LogP contribution >= 0.6 is 0 Å². The molecule has 8 nitrogen and oxygen atoms in total. The first-order chi connectivity index (χ1) is 17.8. The molecule has 0 aliphatic carbocycles. The summed E-state index contributed by atoms with van der Waals surface area (Å²) >= 11 is 0. The van der Waals surface area contributed by atoms with Crippen LogP contribution in [0.2, 0.25) is 0 Å². The fourth-order valence-corrected chi connectivity index (χ4v) is 6.51. The molecule has 8 heteroatoms. The first kappa shape index (κ1) is 29.4. The highest BCUT2D eigenvalue weighted by molar-refractivity contribution is 5.98. The van der Waals surface area contributed by atoms with E-state index in [1.54, 1.807) is 22.0 Å². The molecule has 208 valence electrons. The molecular formula is C29H46N2O6. The Kier molecular flexibility index (Phi) is 10.4. The molecule has 3 heterocycles. The Bertz CT molecular complexity index is 846. The van der Waals surface area contributed by atoms with Gasteiger partial charge in [-0.1, -0.05) is 38.3 Å². The summed E-state index contributed by atoms with van der Waals surface area (Å²) in [6.07, 6.45) is 11.1. The Morgan fingerprint density at radius 1 is 1.16 bits per heavy atom. The molecule has 3 aliphatic heterocycles. The molecule has 3 fully saturated rings. The Morgan fingerprint density at radius 2 is 1.92 bits per heavy atom. The molecule has 2 amide bonds. The molecular weight excluding hydrogens is 472 g/mol. The highest BCUT2D eigenvalue weighted by Gasteiger charge is 2.78. The molecule has 3 saturated heterocycles. The lowest BCUT2D eigenvalue weighted by Gasteiger charge is -2.37. The van der Waals surface area contributed by atoms with Crippen molar-refractivity contribution in [2.75, 3.05) is 32.8 Å². The van der Waals surface area contributed by atoms with Crippen molar-refractivity contribution in [1.29, 1.82) is 0 Å². The first-order valence-electron chi connectivity index (χ1n) is 14.1. The van der Waals surface area contributed by atoms with E-state index in [0.717, 1.165) is 38.5 Å². The molecule has 3 rings (SSSR count). The second kappa shape index (κ2) is 13.1. The van der Waals surface area contributed by atoms with Gasteiger partial charge in [0.2, 0.25) is 11.8 Å². The second-order valence-electron chi connectivity index (χ2n) is 10.9. The Hall–Kier alpha value is -2.19. The predicted octanol–water partition coefficient (Wildman–Crippen LogP) is 3.63. The highest BCUT2D eigenvalue weighted by Crippen LogP contribution is 2.63. The number of unbranched alkanes of at least 4 members (excludes halogenated alkanes) is 5. The minimum Gasteiger partial charge on any atom is -0.465 e. The molecule has 3 aliphatic rings. The standard InChI is InChI=1S/C29H46N2O6/c1-5-8-14-21-36-27(35)23-22-25(33)31(19-12-10-11-13-20-32)24(29(22)16-15-28(23,4)37-29)26(34)30(17-7-3)18-9-6-2/h5,7,22-24,32H,1,3,6,8-21H2,2,4H3/t22-,23-,24?,28+,29?/m0/s1. The van der Waals surface area contributed by atoms with E-state index < -0.39 is 35.0 Å². The summed E-state index contributed by atoms with van der Waals surface area (Å²) < 4.78 is 12.3. The molecule has 1 N–H and O–H groups in total. The maximum absolute atomic E-state index is 14.1. The fraction of sp³-hybridized carbons (Fsp3) is 0.759. The van der Waals surface area contributed by atoms with Crippen LogP contribution < -0.4 is 0 Å². The Balaban J connectivity index is 1.91. The van der Waals surface area contributed by atoms with Gasteiger partial charge in [0.15, 0.2) is 0 Å². The summed E-state index contributed by atoms with van der Waals surface area (Å²) in [5, 5.41) is 9.10. The van der Waals surface area contributed by atoms with E-state index in [9.17, 15) is 14.4 Å². The predicted molar refractivity (Wildman–Crippen MR) is 142 cm³/mol. The lowest BCUT2D eigenvalue weighted by Crippen LogP contribution is -2.56. The maximum Gasteiger partial charge on any atom is 0.312 e. The summed E-state index contributed by atoms with van der Waals surface area (Å²) in [4.78, 5) is 45.0. The lowest BCUT2D eigenvalue weighted by molar-refractivity contribution is -0.160. The number of likely N-dealkylation sites (tertiary alicyclic amines) is 1. The quantitative estimate of drug-likeness (QED) is 0.179. The van der Waals surface area contributed by atoms with Gasteiger partial charge in [0.05, 0.1) is 18.1 Å². The van der Waals surface area contributed by atoms with Gasteiger partial charge in [0, 0.05) is 26.2 Å². The maximum atomic E-state index is 14.1. The van der Waals surface area contributed by atoms with Crippen molar-refractivity contribution in [3.63, 3.8) is 0 Å². The zero-order chi connectivity index (χ0) is 27.1. The molecule has 2 bridgehead atoms. The molecule has 1 spiro atoms. The van der Waals surface area contributed by atoms with Crippen LogP contribution in [0.15, 0.2) is 25.3 Å². The number of hydrogen-bond acceptors (Lipinski definition) is 6. The minimum absolute atomic E-state index is 0.121. The van der Waals surface area contributed by atoms with Crippen LogP contribution in [0.1, 0.15) is 78.1 Å². The highest BCUT2D eigenvalue weighted by atomic mass is 16.6. The third-order valence-corrected chi connectivity index (χ3v) is 8.31. The number of amides is 2. The van der Waals surface area contributed by atoms with Gasteiger partial charge in [-0.2, -0.15) is 0 Å². The summed E-state index contributed by atoms with van der Waals surface area (Å²) in [7, 11) is 0. The molecule has 37 heavy (non-hydrogen) atoms. The normalized spacial score (nSPS) is 29.9.